The number of nitrogens with zero attached hydrogens (tertiary/aromatic N) is 4. The SMILES string of the molecule is CCC(C)CC(C)n1nnnc1-c1ccc(Cl)cc1N. The second-order valence-electron chi connectivity index (χ2n) is 5.28. The summed E-state index contributed by atoms with van der Waals surface area (Å²) >= 11 is 5.93. The molecule has 0 saturated heterocycles. The van der Waals surface area contributed by atoms with E-state index in [4.69, 9.17) is 17.3 Å². The predicted molar refractivity (Wildman–Crippen MR) is 81.5 cm³/mol. The molecule has 0 spiro atoms. The number of tetrazole rings is 1. The van der Waals surface area contributed by atoms with E-state index in [9.17, 15) is 0 Å². The number of halogens is 1. The Hall–Kier alpha value is -1.62. The fraction of sp³-hybridized carbons (Fsp3) is 0.500. The van der Waals surface area contributed by atoms with E-state index in [1.54, 1.807) is 12.1 Å². The van der Waals surface area contributed by atoms with Gasteiger partial charge in [0, 0.05) is 16.3 Å². The van der Waals surface area contributed by atoms with Gasteiger partial charge in [0.25, 0.3) is 0 Å². The molecule has 6 heteroatoms. The number of benzene rings is 1. The Morgan fingerprint density at radius 1 is 1.35 bits per heavy atom. The molecule has 2 aromatic rings. The van der Waals surface area contributed by atoms with Crippen LogP contribution in [0.1, 0.15) is 39.7 Å². The molecule has 2 unspecified atom stereocenters. The average molecular weight is 294 g/mol. The topological polar surface area (TPSA) is 69.6 Å². The summed E-state index contributed by atoms with van der Waals surface area (Å²) in [6.07, 6.45) is 2.17. The monoisotopic (exact) mass is 293 g/mol. The minimum Gasteiger partial charge on any atom is -0.398 e. The first-order chi connectivity index (χ1) is 9.52. The van der Waals surface area contributed by atoms with Crippen LogP contribution < -0.4 is 5.73 Å². The van der Waals surface area contributed by atoms with Crippen LogP contribution in [0, 0.1) is 5.92 Å². The Morgan fingerprint density at radius 2 is 2.10 bits per heavy atom. The number of hydrogen-bond donors (Lipinski definition) is 1. The highest BCUT2D eigenvalue weighted by molar-refractivity contribution is 6.31. The zero-order valence-corrected chi connectivity index (χ0v) is 12.8. The fourth-order valence-corrected chi connectivity index (χ4v) is 2.43. The van der Waals surface area contributed by atoms with Gasteiger partial charge in [0.15, 0.2) is 5.82 Å². The summed E-state index contributed by atoms with van der Waals surface area (Å²) < 4.78 is 1.84. The molecule has 0 saturated carbocycles. The molecule has 0 fully saturated rings. The lowest BCUT2D eigenvalue weighted by Crippen LogP contribution is -2.12. The highest BCUT2D eigenvalue weighted by atomic mass is 35.5. The van der Waals surface area contributed by atoms with Crippen LogP contribution in [0.3, 0.4) is 0 Å². The van der Waals surface area contributed by atoms with Gasteiger partial charge in [0.05, 0.1) is 6.04 Å². The molecule has 1 aromatic heterocycles. The van der Waals surface area contributed by atoms with Crippen molar-refractivity contribution in [1.82, 2.24) is 20.2 Å². The van der Waals surface area contributed by atoms with Gasteiger partial charge in [-0.1, -0.05) is 31.9 Å². The maximum absolute atomic E-state index is 6.02. The van der Waals surface area contributed by atoms with Crippen molar-refractivity contribution in [2.75, 3.05) is 5.73 Å². The van der Waals surface area contributed by atoms with E-state index in [0.717, 1.165) is 18.4 Å². The van der Waals surface area contributed by atoms with E-state index in [1.165, 1.54) is 0 Å². The van der Waals surface area contributed by atoms with Gasteiger partial charge in [0.1, 0.15) is 0 Å². The molecule has 0 bridgehead atoms. The van der Waals surface area contributed by atoms with Gasteiger partial charge in [-0.15, -0.1) is 5.10 Å². The minimum atomic E-state index is 0.227. The summed E-state index contributed by atoms with van der Waals surface area (Å²) in [5.41, 5.74) is 7.42. The molecular weight excluding hydrogens is 274 g/mol. The van der Waals surface area contributed by atoms with Gasteiger partial charge >= 0.3 is 0 Å². The van der Waals surface area contributed by atoms with Crippen molar-refractivity contribution in [3.8, 4) is 11.4 Å². The lowest BCUT2D eigenvalue weighted by molar-refractivity contribution is 0.371. The Kier molecular flexibility index (Phi) is 4.60. The maximum Gasteiger partial charge on any atom is 0.184 e. The average Bonchev–Trinajstić information content (AvgIpc) is 2.87. The van der Waals surface area contributed by atoms with Crippen LogP contribution in [0.15, 0.2) is 18.2 Å². The van der Waals surface area contributed by atoms with Crippen molar-refractivity contribution < 1.29 is 0 Å². The number of rotatable bonds is 5. The Bertz CT molecular complexity index is 581. The molecule has 0 aliphatic rings. The number of nitrogens with two attached hydrogens (primary N) is 1. The molecule has 1 heterocycles. The van der Waals surface area contributed by atoms with Crippen molar-refractivity contribution in [3.05, 3.63) is 23.2 Å². The zero-order chi connectivity index (χ0) is 14.7. The summed E-state index contributed by atoms with van der Waals surface area (Å²) in [5, 5.41) is 12.6. The number of aromatic nitrogens is 4. The van der Waals surface area contributed by atoms with Gasteiger partial charge in [-0.05, 0) is 47.9 Å². The lowest BCUT2D eigenvalue weighted by Gasteiger charge is -2.17. The van der Waals surface area contributed by atoms with E-state index in [-0.39, 0.29) is 6.04 Å². The first-order valence-electron chi connectivity index (χ1n) is 6.86. The molecule has 0 aliphatic carbocycles. The highest BCUT2D eigenvalue weighted by Gasteiger charge is 2.18. The van der Waals surface area contributed by atoms with Gasteiger partial charge in [-0.25, -0.2) is 4.68 Å². The first kappa shape index (κ1) is 14.8. The van der Waals surface area contributed by atoms with Gasteiger partial charge in [-0.2, -0.15) is 0 Å². The molecular formula is C14H20ClN5. The van der Waals surface area contributed by atoms with Crippen molar-refractivity contribution in [3.63, 3.8) is 0 Å². The molecule has 0 aliphatic heterocycles. The van der Waals surface area contributed by atoms with Gasteiger partial charge in [-0.3, -0.25) is 0 Å². The van der Waals surface area contributed by atoms with Crippen molar-refractivity contribution in [2.45, 2.75) is 39.7 Å². The lowest BCUT2D eigenvalue weighted by atomic mass is 10.0. The van der Waals surface area contributed by atoms with Crippen LogP contribution in [0.5, 0.6) is 0 Å². The van der Waals surface area contributed by atoms with Crippen LogP contribution in [0.2, 0.25) is 5.02 Å². The number of anilines is 1. The van der Waals surface area contributed by atoms with Crippen LogP contribution in [0.25, 0.3) is 11.4 Å². The third-order valence-electron chi connectivity index (χ3n) is 3.61. The Balaban J connectivity index is 2.32. The summed E-state index contributed by atoms with van der Waals surface area (Å²) in [6, 6.07) is 5.60. The molecule has 0 amide bonds. The van der Waals surface area contributed by atoms with Crippen LogP contribution >= 0.6 is 11.6 Å². The van der Waals surface area contributed by atoms with Gasteiger partial charge < -0.3 is 5.73 Å². The van der Waals surface area contributed by atoms with Crippen molar-refractivity contribution in [2.24, 2.45) is 5.92 Å². The molecule has 1 aromatic carbocycles. The molecule has 108 valence electrons. The highest BCUT2D eigenvalue weighted by Crippen LogP contribution is 2.29. The Labute approximate surface area is 124 Å². The Morgan fingerprint density at radius 3 is 2.75 bits per heavy atom. The van der Waals surface area contributed by atoms with E-state index < -0.39 is 0 Å². The molecule has 0 radical (unpaired) electrons. The molecule has 5 nitrogen and oxygen atoms in total. The minimum absolute atomic E-state index is 0.227. The second-order valence-corrected chi connectivity index (χ2v) is 5.71. The summed E-state index contributed by atoms with van der Waals surface area (Å²) in [7, 11) is 0. The normalized spacial score (nSPS) is 14.2. The van der Waals surface area contributed by atoms with E-state index >= 15 is 0 Å². The van der Waals surface area contributed by atoms with Crippen molar-refractivity contribution >= 4 is 17.3 Å². The molecule has 2 rings (SSSR count). The number of hydrogen-bond acceptors (Lipinski definition) is 4. The van der Waals surface area contributed by atoms with Crippen LogP contribution in [-0.2, 0) is 0 Å². The third-order valence-corrected chi connectivity index (χ3v) is 3.84. The summed E-state index contributed by atoms with van der Waals surface area (Å²) in [4.78, 5) is 0. The largest absolute Gasteiger partial charge is 0.398 e. The predicted octanol–water partition coefficient (Wildman–Crippen LogP) is 3.57. The smallest absolute Gasteiger partial charge is 0.184 e. The molecule has 20 heavy (non-hydrogen) atoms. The quantitative estimate of drug-likeness (QED) is 0.856. The first-order valence-corrected chi connectivity index (χ1v) is 7.24. The van der Waals surface area contributed by atoms with E-state index in [0.29, 0.717) is 22.5 Å². The third kappa shape index (κ3) is 3.10. The second kappa shape index (κ2) is 6.22. The summed E-state index contributed by atoms with van der Waals surface area (Å²) in [6.45, 7) is 6.55. The maximum atomic E-state index is 6.02. The van der Waals surface area contributed by atoms with Gasteiger partial charge in [0.2, 0.25) is 0 Å². The standard InChI is InChI=1S/C14H20ClN5/c1-4-9(2)7-10(3)20-14(17-18-19-20)12-6-5-11(15)8-13(12)16/h5-6,8-10H,4,7,16H2,1-3H3. The van der Waals surface area contributed by atoms with E-state index in [1.807, 2.05) is 10.7 Å². The van der Waals surface area contributed by atoms with Crippen LogP contribution in [-0.4, -0.2) is 20.2 Å². The molecule has 2 N–H and O–H groups in total. The van der Waals surface area contributed by atoms with Crippen LogP contribution in [0.4, 0.5) is 5.69 Å². The van der Waals surface area contributed by atoms with E-state index in [2.05, 4.69) is 36.3 Å². The van der Waals surface area contributed by atoms with Crippen molar-refractivity contribution in [1.29, 1.82) is 0 Å². The fourth-order valence-electron chi connectivity index (χ4n) is 2.25. The number of nitrogen functional groups attached to an aromatic ring is 1. The molecule has 2 atom stereocenters. The summed E-state index contributed by atoms with van der Waals surface area (Å²) in [5.74, 6) is 1.32. The zero-order valence-electron chi connectivity index (χ0n) is 12.0.